The molecule has 8 nitrogen and oxygen atoms in total. The molecule has 0 N–H and O–H groups in total. The molecule has 0 spiro atoms. The van der Waals surface area contributed by atoms with Crippen LogP contribution in [0.3, 0.4) is 0 Å². The van der Waals surface area contributed by atoms with Crippen molar-refractivity contribution < 1.29 is 0 Å². The van der Waals surface area contributed by atoms with Gasteiger partial charge in [-0.3, -0.25) is 0 Å². The van der Waals surface area contributed by atoms with Crippen LogP contribution >= 0.6 is 0 Å². The second kappa shape index (κ2) is 26.7. The molecule has 0 aliphatic heterocycles. The standard InChI is InChI=1S/C132H74N8/c1-9-36-75(37-10-1)107-117-97-61-35-58-94-112-100(74-106-114(93-55-28-32-65-104(93)134(106)80-46-19-6-20-47-80)132(112)139(121(94)97)130(117)108(76-38-11-2-12-39-76)115-95-59-33-56-86-90-72-73-105-113(122(90)137(119(86)95)128(107)115)92-54-27-31-64-103(92)133(105)79-44-17-5-18-45-79)85-66-70-99-118-110(78-42-15-4-16-43-78)129-116(96-60-34-57-87-91-68-67-88-83-52-25-29-62-101(83)135(81-48-21-7-22-49-81)124(88)126(91)138(129)120(87)96)109(77-40-13-3-14-41-77)131(118)140-123(99)111(85)98-71-69-89-84-53-26-30-63-102(84)136(125(89)127(98)140)82-50-23-8-24-51-82/h1-74H. The van der Waals surface area contributed by atoms with Crippen LogP contribution < -0.4 is 0 Å². The highest BCUT2D eigenvalue weighted by Crippen LogP contribution is 2.62. The van der Waals surface area contributed by atoms with E-state index in [1.54, 1.807) is 0 Å². The summed E-state index contributed by atoms with van der Waals surface area (Å²) in [5.41, 5.74) is 39.6. The van der Waals surface area contributed by atoms with Crippen molar-refractivity contribution >= 4 is 240 Å². The topological polar surface area (TPSA) is 37.4 Å². The van der Waals surface area contributed by atoms with E-state index >= 15 is 0 Å². The van der Waals surface area contributed by atoms with Gasteiger partial charge in [-0.05, 0) is 118 Å². The van der Waals surface area contributed by atoms with Crippen LogP contribution in [-0.4, -0.2) is 35.9 Å². The number of hydrogen-bond acceptors (Lipinski definition) is 0. The minimum absolute atomic E-state index is 1.09. The van der Waals surface area contributed by atoms with Crippen molar-refractivity contribution in [3.05, 3.63) is 449 Å². The fourth-order valence-corrected chi connectivity index (χ4v) is 27.1. The van der Waals surface area contributed by atoms with Crippen LogP contribution in [0.25, 0.3) is 318 Å². The minimum atomic E-state index is 1.09. The van der Waals surface area contributed by atoms with Gasteiger partial charge in [-0.25, -0.2) is 0 Å². The number of nitrogens with zero attached hydrogens (tertiary/aromatic N) is 8. The molecule has 140 heavy (non-hydrogen) atoms. The third kappa shape index (κ3) is 8.96. The van der Waals surface area contributed by atoms with Crippen molar-refractivity contribution in [1.29, 1.82) is 0 Å². The normalized spacial score (nSPS) is 12.7. The lowest BCUT2D eigenvalue weighted by Gasteiger charge is -2.17. The summed E-state index contributed by atoms with van der Waals surface area (Å²) in [5.74, 6) is 0. The zero-order chi connectivity index (χ0) is 90.4. The van der Waals surface area contributed by atoms with Crippen LogP contribution in [-0.2, 0) is 0 Å². The number of fused-ring (bicyclic) bond motifs is 40. The molecule has 0 radical (unpaired) electrons. The number of hydrogen-bond donors (Lipinski definition) is 0. The fourth-order valence-electron chi connectivity index (χ4n) is 27.1. The molecular weight excluding hydrogens is 1700 g/mol. The molecule has 0 unspecified atom stereocenters. The Bertz CT molecular complexity index is 11400. The quantitative estimate of drug-likeness (QED) is 0.138. The molecule has 22 aromatic carbocycles. The van der Waals surface area contributed by atoms with E-state index in [2.05, 4.69) is 485 Å². The summed E-state index contributed by atoms with van der Waals surface area (Å²) in [6.45, 7) is 0. The maximum Gasteiger partial charge on any atom is 0.0789 e. The van der Waals surface area contributed by atoms with E-state index in [9.17, 15) is 0 Å². The molecule has 12 heterocycles. The van der Waals surface area contributed by atoms with Gasteiger partial charge in [0.15, 0.2) is 0 Å². The van der Waals surface area contributed by atoms with Gasteiger partial charge < -0.3 is 35.9 Å². The molecule has 642 valence electrons. The van der Waals surface area contributed by atoms with Crippen molar-refractivity contribution in [2.45, 2.75) is 0 Å². The molecule has 12 aromatic heterocycles. The van der Waals surface area contributed by atoms with Crippen LogP contribution in [0.5, 0.6) is 0 Å². The lowest BCUT2D eigenvalue weighted by Crippen LogP contribution is -1.97. The zero-order valence-electron chi connectivity index (χ0n) is 75.3. The van der Waals surface area contributed by atoms with Crippen LogP contribution in [0, 0.1) is 0 Å². The number of aromatic nitrogens is 8. The van der Waals surface area contributed by atoms with Crippen LogP contribution in [0.4, 0.5) is 0 Å². The molecule has 34 aromatic rings. The first-order chi connectivity index (χ1) is 69.7. The third-order valence-corrected chi connectivity index (χ3v) is 32.0. The average molecular weight is 1770 g/mol. The lowest BCUT2D eigenvalue weighted by molar-refractivity contribution is 1.18. The largest absolute Gasteiger partial charge is 0.309 e. The summed E-state index contributed by atoms with van der Waals surface area (Å²) >= 11 is 0. The summed E-state index contributed by atoms with van der Waals surface area (Å²) < 4.78 is 21.3. The Hall–Kier alpha value is -18.8. The molecule has 0 atom stereocenters. The van der Waals surface area contributed by atoms with Crippen LogP contribution in [0.2, 0.25) is 0 Å². The minimum Gasteiger partial charge on any atom is -0.309 e. The van der Waals surface area contributed by atoms with Gasteiger partial charge in [-0.1, -0.05) is 364 Å². The van der Waals surface area contributed by atoms with E-state index in [0.717, 1.165) is 83.7 Å². The number of rotatable bonds is 9. The van der Waals surface area contributed by atoms with Gasteiger partial charge in [0.1, 0.15) is 0 Å². The Morgan fingerprint density at radius 3 is 0.800 bits per heavy atom. The van der Waals surface area contributed by atoms with E-state index in [1.807, 2.05) is 0 Å². The molecule has 8 heteroatoms. The van der Waals surface area contributed by atoms with Gasteiger partial charge in [0.2, 0.25) is 0 Å². The first kappa shape index (κ1) is 73.7. The fraction of sp³-hybridized carbons (Fsp3) is 0. The molecule has 0 bridgehead atoms. The zero-order valence-corrected chi connectivity index (χ0v) is 75.3. The highest BCUT2D eigenvalue weighted by Gasteiger charge is 2.39. The molecular formula is C132H74N8. The van der Waals surface area contributed by atoms with Gasteiger partial charge in [-0.15, -0.1) is 0 Å². The second-order valence-electron chi connectivity index (χ2n) is 38.6. The molecule has 0 aliphatic rings. The summed E-state index contributed by atoms with van der Waals surface area (Å²) in [4.78, 5) is 0. The summed E-state index contributed by atoms with van der Waals surface area (Å²) in [6, 6.07) is 171. The predicted molar refractivity (Wildman–Crippen MR) is 590 cm³/mol. The Labute approximate surface area is 797 Å². The summed E-state index contributed by atoms with van der Waals surface area (Å²) in [7, 11) is 0. The predicted octanol–water partition coefficient (Wildman–Crippen LogP) is 35.0. The Balaban J connectivity index is 0.788. The number of para-hydroxylation sites is 11. The SMILES string of the molecule is c1ccc(-c2c3c4cccc5c6c(-c7ccc8c9c(-c%10ccccc%10)c%10c(c(-c%11ccccc%11)c9n9c8c7c7ccc8c%11ccccc%11n(-c%11ccccc%11)c8c79)c7cccc8c9ccc%11c%12ccccc%12n(-c%12ccccc%12)c%11c9n%10c87)cc7c(c8ccccc8n7-c7ccccc7)c6n(c3c(-c3ccccc3)c3c6cccc7c8ccc9c(c%10ccccc%10n9-c9ccccc9)c8n(c23)c76)c45)cc1. The highest BCUT2D eigenvalue weighted by atomic mass is 15.1. The Kier molecular flexibility index (Phi) is 14.0. The van der Waals surface area contributed by atoms with Crippen molar-refractivity contribution in [3.8, 4) is 78.4 Å². The molecule has 0 fully saturated rings. The molecule has 0 saturated heterocycles. The van der Waals surface area contributed by atoms with E-state index in [-0.39, 0.29) is 0 Å². The summed E-state index contributed by atoms with van der Waals surface area (Å²) in [5, 5.41) is 29.0. The van der Waals surface area contributed by atoms with Gasteiger partial charge in [0.25, 0.3) is 0 Å². The van der Waals surface area contributed by atoms with E-state index in [0.29, 0.717) is 0 Å². The maximum absolute atomic E-state index is 2.81. The Morgan fingerprint density at radius 1 is 0.114 bits per heavy atom. The number of benzene rings is 22. The van der Waals surface area contributed by atoms with Crippen molar-refractivity contribution in [2.24, 2.45) is 0 Å². The van der Waals surface area contributed by atoms with Crippen molar-refractivity contribution in [1.82, 2.24) is 35.9 Å². The van der Waals surface area contributed by atoms with Gasteiger partial charge in [0, 0.05) is 174 Å². The van der Waals surface area contributed by atoms with Crippen LogP contribution in [0.15, 0.2) is 449 Å². The molecule has 0 amide bonds. The van der Waals surface area contributed by atoms with Gasteiger partial charge >= 0.3 is 0 Å². The van der Waals surface area contributed by atoms with E-state index in [4.69, 9.17) is 0 Å². The monoisotopic (exact) mass is 1770 g/mol. The highest BCUT2D eigenvalue weighted by molar-refractivity contribution is 6.46. The van der Waals surface area contributed by atoms with Gasteiger partial charge in [0.05, 0.1) is 110 Å². The third-order valence-electron chi connectivity index (χ3n) is 32.0. The Morgan fingerprint density at radius 2 is 0.364 bits per heavy atom. The smallest absolute Gasteiger partial charge is 0.0789 e. The summed E-state index contributed by atoms with van der Waals surface area (Å²) in [6.07, 6.45) is 0. The second-order valence-corrected chi connectivity index (χ2v) is 38.6. The lowest BCUT2D eigenvalue weighted by atomic mass is 9.88. The maximum atomic E-state index is 2.81. The van der Waals surface area contributed by atoms with Crippen molar-refractivity contribution in [3.63, 3.8) is 0 Å². The van der Waals surface area contributed by atoms with E-state index in [1.165, 1.54) is 234 Å². The van der Waals surface area contributed by atoms with Crippen molar-refractivity contribution in [2.75, 3.05) is 0 Å². The van der Waals surface area contributed by atoms with Crippen LogP contribution in [0.1, 0.15) is 0 Å². The van der Waals surface area contributed by atoms with E-state index < -0.39 is 0 Å². The van der Waals surface area contributed by atoms with Gasteiger partial charge in [-0.2, -0.15) is 0 Å². The first-order valence-electron chi connectivity index (χ1n) is 48.7. The average Bonchev–Trinajstić information content (AvgIpc) is 1.48. The molecule has 0 aliphatic carbocycles. The molecule has 34 rings (SSSR count). The first-order valence-corrected chi connectivity index (χ1v) is 48.7. The molecule has 0 saturated carbocycles.